The van der Waals surface area contributed by atoms with Gasteiger partial charge in [0.1, 0.15) is 36.7 Å². The summed E-state index contributed by atoms with van der Waals surface area (Å²) in [6.45, 7) is 2.01. The van der Waals surface area contributed by atoms with Crippen LogP contribution < -0.4 is 40.9 Å². The lowest BCUT2D eigenvalue weighted by Gasteiger charge is -2.39. The molecule has 594 valence electrons. The zero-order valence-electron chi connectivity index (χ0n) is 60.7. The number of aliphatic carboxylic acids is 4. The largest absolute Gasteiger partial charge is 0.481 e. The second kappa shape index (κ2) is 41.2. The molecule has 110 heavy (non-hydrogen) atoms. The van der Waals surface area contributed by atoms with Crippen molar-refractivity contribution in [3.05, 3.63) is 115 Å². The third-order valence-corrected chi connectivity index (χ3v) is 26.4. The molecule has 8 N–H and O–H groups in total. The maximum absolute atomic E-state index is 14.2. The van der Waals surface area contributed by atoms with E-state index in [9.17, 15) is 78.0 Å². The molecule has 26 nitrogen and oxygen atoms in total. The SMILES string of the molecule is O=C(O)CNC(=O)[C@H](CSSC[C@H](NC(=O)CC[C@H](CC(=O)CCCCc1cc(Cl)c(CN2CSC[C@H]2C(=O)N2CCN(C3CC3)c3ccccc32)cc1Cl)C(=O)O)C(=O)NCC(=O)O)CC(=O)CC[C@H](NC(=O)CCCCc1cc(Cl)c(CN2CSC[C@H]2C(=O)N2CCN(C3CC3)c3ccccc32)cc1Cl)C(=O)O. The van der Waals surface area contributed by atoms with E-state index >= 15 is 0 Å². The number of fused-ring (bicyclic) bond motifs is 2. The highest BCUT2D eigenvalue weighted by Crippen LogP contribution is 2.44. The Labute approximate surface area is 675 Å². The number of nitrogens with zero attached hydrogens (tertiary/aromatic N) is 6. The fourth-order valence-electron chi connectivity index (χ4n) is 14.1. The number of nitrogens with one attached hydrogen (secondary N) is 4. The summed E-state index contributed by atoms with van der Waals surface area (Å²) in [5, 5.41) is 50.0. The first-order valence-electron chi connectivity index (χ1n) is 37.0. The summed E-state index contributed by atoms with van der Waals surface area (Å²) in [5.41, 5.74) is 7.12. The van der Waals surface area contributed by atoms with Crippen molar-refractivity contribution in [1.29, 1.82) is 0 Å². The van der Waals surface area contributed by atoms with Crippen LogP contribution >= 0.6 is 91.5 Å². The fourth-order valence-corrected chi connectivity index (χ4v) is 20.0. The lowest BCUT2D eigenvalue weighted by Crippen LogP contribution is -2.52. The van der Waals surface area contributed by atoms with Gasteiger partial charge >= 0.3 is 23.9 Å². The van der Waals surface area contributed by atoms with Crippen molar-refractivity contribution in [2.45, 2.75) is 165 Å². The van der Waals surface area contributed by atoms with Gasteiger partial charge in [0.25, 0.3) is 0 Å². The van der Waals surface area contributed by atoms with Crippen LogP contribution in [0, 0.1) is 11.8 Å². The van der Waals surface area contributed by atoms with Gasteiger partial charge in [-0.3, -0.25) is 62.5 Å². The molecule has 10 rings (SSSR count). The molecule has 4 fully saturated rings. The lowest BCUT2D eigenvalue weighted by molar-refractivity contribution is -0.144. The van der Waals surface area contributed by atoms with Crippen molar-refractivity contribution < 1.29 is 78.0 Å². The highest BCUT2D eigenvalue weighted by Gasteiger charge is 2.43. The minimum Gasteiger partial charge on any atom is -0.481 e. The Kier molecular flexibility index (Phi) is 32.0. The standard InChI is InChI=1S/C76H92Cl4N10O16S4/c77-55-33-48(37-85-43-107-41-65(85)73(101)89-27-25-87(51-18-19-51)61-12-4-6-14-63(61)89)57(79)31-45(55)9-1-3-11-53(91)29-47(75(103)104)17-24-68(94)84-60(72(100)82-36-70(97)98)40-110-109-39-50(71(99)81-35-69(95)96)30-54(92)22-23-59(76(105)106)83-67(93)16-8-2-10-46-32-58(80)49(34-56(46)78)38-86-44-108-42-66(86)74(102)90-28-26-88(52-20-21-52)62-13-5-7-15-64(62)90/h4-7,12-15,31-34,47,50-52,59-60,65-66H,1-3,8-11,16-30,35-44H2,(H,81,99)(H,82,100)(H,83,93)(H,84,94)(H,95,96)(H,97,98)(H,103,104)(H,105,106)/t47-,50+,59+,60+,65+,66+/m1/s1. The van der Waals surface area contributed by atoms with Crippen molar-refractivity contribution in [1.82, 2.24) is 31.1 Å². The highest BCUT2D eigenvalue weighted by molar-refractivity contribution is 8.76. The number of carbonyl (C=O) groups excluding carboxylic acids is 8. The van der Waals surface area contributed by atoms with E-state index in [0.29, 0.717) is 120 Å². The zero-order valence-corrected chi connectivity index (χ0v) is 67.0. The van der Waals surface area contributed by atoms with Crippen LogP contribution in [0.3, 0.4) is 0 Å². The molecule has 6 amide bonds. The van der Waals surface area contributed by atoms with Crippen LogP contribution in [-0.4, -0.2) is 211 Å². The number of Topliss-reactive ketones (excluding diaryl/α,β-unsaturated/α-hetero) is 2. The first-order chi connectivity index (χ1) is 52.8. The molecule has 2 saturated heterocycles. The molecule has 4 aromatic carbocycles. The van der Waals surface area contributed by atoms with Crippen LogP contribution in [0.1, 0.15) is 125 Å². The van der Waals surface area contributed by atoms with Gasteiger partial charge in [-0.2, -0.15) is 0 Å². The number of carbonyl (C=O) groups is 12. The Bertz CT molecular complexity index is 3820. The predicted molar refractivity (Wildman–Crippen MR) is 430 cm³/mol. The van der Waals surface area contributed by atoms with Crippen molar-refractivity contribution in [2.75, 3.05) is 93.6 Å². The van der Waals surface area contributed by atoms with Gasteiger partial charge in [-0.25, -0.2) is 4.79 Å². The Balaban J connectivity index is 0.628. The van der Waals surface area contributed by atoms with Crippen LogP contribution in [0.15, 0.2) is 72.8 Å². The average molecular weight is 1670 g/mol. The van der Waals surface area contributed by atoms with Gasteiger partial charge in [0.2, 0.25) is 35.4 Å². The normalized spacial score (nSPS) is 18.1. The summed E-state index contributed by atoms with van der Waals surface area (Å²) >= 11 is 30.8. The van der Waals surface area contributed by atoms with Crippen molar-refractivity contribution >= 4 is 185 Å². The van der Waals surface area contributed by atoms with Gasteiger partial charge in [0, 0.05) is 145 Å². The Morgan fingerprint density at radius 3 is 1.40 bits per heavy atom. The van der Waals surface area contributed by atoms with Crippen LogP contribution in [0.4, 0.5) is 22.7 Å². The number of amides is 6. The maximum atomic E-state index is 14.2. The number of halogens is 4. The van der Waals surface area contributed by atoms with Gasteiger partial charge in [-0.05, 0) is 148 Å². The van der Waals surface area contributed by atoms with Crippen molar-refractivity contribution in [3.63, 3.8) is 0 Å². The number of hydrogen-bond acceptors (Lipinski definition) is 20. The number of hydrogen-bond donors (Lipinski definition) is 8. The van der Waals surface area contributed by atoms with Crippen molar-refractivity contribution in [3.8, 4) is 0 Å². The molecule has 2 aliphatic carbocycles. The predicted octanol–water partition coefficient (Wildman–Crippen LogP) is 9.84. The molecule has 4 heterocycles. The second-order valence-corrected chi connectivity index (χ2v) is 34.7. The van der Waals surface area contributed by atoms with E-state index in [2.05, 4.69) is 53.0 Å². The van der Waals surface area contributed by atoms with Gasteiger partial charge in [0.15, 0.2) is 0 Å². The summed E-state index contributed by atoms with van der Waals surface area (Å²) in [5.74, 6) is -9.73. The van der Waals surface area contributed by atoms with Gasteiger partial charge in [-0.1, -0.05) is 92.3 Å². The molecule has 4 aromatic rings. The molecule has 2 saturated carbocycles. The van der Waals surface area contributed by atoms with Gasteiger partial charge in [0.05, 0.1) is 46.7 Å². The Morgan fingerprint density at radius 2 is 0.909 bits per heavy atom. The molecule has 0 unspecified atom stereocenters. The van der Waals surface area contributed by atoms with E-state index < -0.39 is 110 Å². The quantitative estimate of drug-likeness (QED) is 0.0151. The average Bonchev–Trinajstić information content (AvgIpc) is 1.50. The molecular formula is C76H92Cl4N10O16S4. The summed E-state index contributed by atoms with van der Waals surface area (Å²) in [6, 6.07) is 20.8. The van der Waals surface area contributed by atoms with E-state index in [0.717, 1.165) is 105 Å². The van der Waals surface area contributed by atoms with E-state index in [1.807, 2.05) is 58.3 Å². The van der Waals surface area contributed by atoms with Crippen LogP contribution in [0.2, 0.25) is 20.1 Å². The Hall–Kier alpha value is -7.00. The first kappa shape index (κ1) is 85.4. The number of anilines is 4. The number of rotatable bonds is 43. The second-order valence-electron chi connectivity index (χ2n) is 28.5. The van der Waals surface area contributed by atoms with Crippen LogP contribution in [0.5, 0.6) is 0 Å². The number of benzene rings is 4. The van der Waals surface area contributed by atoms with Gasteiger partial charge < -0.3 is 61.3 Å². The highest BCUT2D eigenvalue weighted by atomic mass is 35.5. The van der Waals surface area contributed by atoms with E-state index in [-0.39, 0.29) is 73.3 Å². The molecule has 0 spiro atoms. The van der Waals surface area contributed by atoms with Gasteiger partial charge in [-0.15, -0.1) is 23.5 Å². The van der Waals surface area contributed by atoms with Crippen molar-refractivity contribution in [2.24, 2.45) is 11.8 Å². The summed E-state index contributed by atoms with van der Waals surface area (Å²) < 4.78 is 0. The molecule has 34 heteroatoms. The van der Waals surface area contributed by atoms with Crippen LogP contribution in [0.25, 0.3) is 0 Å². The Morgan fingerprint density at radius 1 is 0.473 bits per heavy atom. The number of para-hydroxylation sites is 4. The lowest BCUT2D eigenvalue weighted by atomic mass is 9.94. The number of thioether (sulfide) groups is 2. The number of ketones is 2. The topological polar surface area (TPSA) is 353 Å². The van der Waals surface area contributed by atoms with E-state index in [1.165, 1.54) is 0 Å². The molecule has 4 aliphatic heterocycles. The number of aryl methyl sites for hydroxylation is 2. The molecule has 0 radical (unpaired) electrons. The van der Waals surface area contributed by atoms with E-state index in [4.69, 9.17) is 46.4 Å². The monoisotopic (exact) mass is 1670 g/mol. The molecule has 0 aromatic heterocycles. The summed E-state index contributed by atoms with van der Waals surface area (Å²) in [4.78, 5) is 169. The minimum atomic E-state index is -1.48. The third-order valence-electron chi connectivity index (χ3n) is 20.3. The smallest absolute Gasteiger partial charge is 0.326 e. The molecule has 0 bridgehead atoms. The molecule has 6 atom stereocenters. The first-order valence-corrected chi connectivity index (χ1v) is 43.3. The number of carboxylic acid groups (broad SMARTS) is 4. The summed E-state index contributed by atoms with van der Waals surface area (Å²) in [6.07, 6.45) is 4.97. The number of unbranched alkanes of at least 4 members (excludes halogenated alkanes) is 2. The molecular weight excluding hydrogens is 1580 g/mol. The molecule has 6 aliphatic rings. The third kappa shape index (κ3) is 24.3. The van der Waals surface area contributed by atoms with E-state index in [1.54, 1.807) is 35.7 Å². The maximum Gasteiger partial charge on any atom is 0.326 e. The zero-order chi connectivity index (χ0) is 78.7. The summed E-state index contributed by atoms with van der Waals surface area (Å²) in [7, 11) is 1.89. The fraction of sp³-hybridized carbons (Fsp3) is 0.526. The number of carboxylic acids is 4. The van der Waals surface area contributed by atoms with Crippen LogP contribution in [-0.2, 0) is 83.5 Å². The minimum absolute atomic E-state index is 0.0422.